The molecular formula is C46H42F6O9S2. The number of aliphatic carboxylic acids is 2. The number of carboxylic acids is 2. The van der Waals surface area contributed by atoms with Crippen molar-refractivity contribution in [1.82, 2.24) is 0 Å². The summed E-state index contributed by atoms with van der Waals surface area (Å²) in [6, 6.07) is 25.2. The highest BCUT2D eigenvalue weighted by molar-refractivity contribution is 7.98. The van der Waals surface area contributed by atoms with Gasteiger partial charge in [-0.3, -0.25) is 0 Å². The van der Waals surface area contributed by atoms with Gasteiger partial charge in [-0.2, -0.15) is 13.2 Å². The zero-order chi connectivity index (χ0) is 46.1. The second-order valence-electron chi connectivity index (χ2n) is 14.3. The molecule has 63 heavy (non-hydrogen) atoms. The molecule has 0 spiro atoms. The molecule has 0 aliphatic rings. The number of benzene rings is 4. The Morgan fingerprint density at radius 3 is 1.90 bits per heavy atom. The van der Waals surface area contributed by atoms with Gasteiger partial charge in [0, 0.05) is 31.5 Å². The largest absolute Gasteiger partial charge is 0.573 e. The fourth-order valence-corrected chi connectivity index (χ4v) is 7.99. The minimum atomic E-state index is -4.72. The third-order valence-corrected chi connectivity index (χ3v) is 11.4. The lowest BCUT2D eigenvalue weighted by Crippen LogP contribution is -2.16. The Bertz CT molecular complexity index is 2490. The van der Waals surface area contributed by atoms with Crippen LogP contribution < -0.4 is 18.9 Å². The van der Waals surface area contributed by atoms with E-state index in [1.165, 1.54) is 35.6 Å². The summed E-state index contributed by atoms with van der Waals surface area (Å²) in [5, 5.41) is 17.5. The number of thiophene rings is 1. The van der Waals surface area contributed by atoms with Crippen molar-refractivity contribution < 1.29 is 69.5 Å². The first-order valence-corrected chi connectivity index (χ1v) is 20.9. The van der Waals surface area contributed by atoms with E-state index in [-0.39, 0.29) is 11.7 Å². The van der Waals surface area contributed by atoms with Crippen molar-refractivity contribution in [2.75, 3.05) is 13.2 Å². The monoisotopic (exact) mass is 916 g/mol. The van der Waals surface area contributed by atoms with Crippen molar-refractivity contribution in [3.63, 3.8) is 0 Å². The van der Waals surface area contributed by atoms with Crippen LogP contribution in [-0.2, 0) is 28.1 Å². The number of thioether (sulfide) groups is 1. The summed E-state index contributed by atoms with van der Waals surface area (Å²) in [5.41, 5.74) is 4.30. The molecule has 2 heterocycles. The van der Waals surface area contributed by atoms with Crippen molar-refractivity contribution in [1.29, 1.82) is 0 Å². The third-order valence-electron chi connectivity index (χ3n) is 9.13. The smallest absolute Gasteiger partial charge is 0.488 e. The van der Waals surface area contributed by atoms with E-state index in [4.69, 9.17) is 28.8 Å². The van der Waals surface area contributed by atoms with Crippen molar-refractivity contribution in [3.8, 4) is 44.8 Å². The molecule has 2 N–H and O–H groups in total. The molecule has 9 nitrogen and oxygen atoms in total. The number of alkyl halides is 6. The molecule has 2 aromatic heterocycles. The van der Waals surface area contributed by atoms with Gasteiger partial charge in [0.15, 0.2) is 13.2 Å². The van der Waals surface area contributed by atoms with Crippen LogP contribution in [0.25, 0.3) is 21.8 Å². The number of hydrogen-bond donors (Lipinski definition) is 2. The van der Waals surface area contributed by atoms with Crippen molar-refractivity contribution in [2.24, 2.45) is 0 Å². The summed E-state index contributed by atoms with van der Waals surface area (Å²) < 4.78 is 101. The molecule has 0 radical (unpaired) electrons. The van der Waals surface area contributed by atoms with E-state index in [1.54, 1.807) is 55.1 Å². The molecule has 4 aromatic carbocycles. The summed E-state index contributed by atoms with van der Waals surface area (Å²) in [6.07, 6.45) is -9.09. The van der Waals surface area contributed by atoms with Crippen LogP contribution in [0.3, 0.4) is 0 Å². The Labute approximate surface area is 367 Å². The highest BCUT2D eigenvalue weighted by Gasteiger charge is 2.31. The lowest BCUT2D eigenvalue weighted by Gasteiger charge is -2.14. The van der Waals surface area contributed by atoms with Gasteiger partial charge in [-0.25, -0.2) is 9.59 Å². The van der Waals surface area contributed by atoms with E-state index >= 15 is 0 Å². The average Bonchev–Trinajstić information content (AvgIpc) is 3.78. The fourth-order valence-electron chi connectivity index (χ4n) is 5.92. The zero-order valence-corrected chi connectivity index (χ0v) is 36.1. The number of carbonyl (C=O) groups is 2. The van der Waals surface area contributed by atoms with Gasteiger partial charge in [0.1, 0.15) is 41.1 Å². The molecular weight excluding hydrogens is 875 g/mol. The summed E-state index contributed by atoms with van der Waals surface area (Å²) in [4.78, 5) is 24.3. The summed E-state index contributed by atoms with van der Waals surface area (Å²) in [7, 11) is 0. The maximum Gasteiger partial charge on any atom is 0.573 e. The second kappa shape index (κ2) is 20.9. The quantitative estimate of drug-likeness (QED) is 0.0716. The van der Waals surface area contributed by atoms with Gasteiger partial charge in [-0.15, -0.1) is 36.3 Å². The zero-order valence-electron chi connectivity index (χ0n) is 34.5. The van der Waals surface area contributed by atoms with E-state index in [2.05, 4.69) is 4.74 Å². The molecule has 0 atom stereocenters. The van der Waals surface area contributed by atoms with Crippen LogP contribution in [0.4, 0.5) is 26.3 Å². The van der Waals surface area contributed by atoms with E-state index in [0.717, 1.165) is 54.6 Å². The van der Waals surface area contributed by atoms with Gasteiger partial charge in [0.05, 0.1) is 5.56 Å². The second-order valence-corrected chi connectivity index (χ2v) is 16.5. The van der Waals surface area contributed by atoms with E-state index < -0.39 is 43.3 Å². The van der Waals surface area contributed by atoms with Crippen molar-refractivity contribution in [3.05, 3.63) is 136 Å². The normalized spacial score (nSPS) is 11.5. The Balaban J connectivity index is 0.000000238. The standard InChI is InChI=1S/C24H23F3O4S.C22H19F3O5S/c1-14(2)20-11-19(8-9-21(20)30-12-23(28)29)32-13-17-10-22(31-15(17)3)16-4-6-18(7-5-16)24(25,26)27;1-13-9-17(7-8-18(13)29-12-21(26)27)28-11-20-14(2)10-19(31-20)15-3-5-16(6-4-15)30-22(23,24)25/h4-11,14H,12-13H2,1-3H3,(H,28,29);3-10H,11-12H2,1-2H3,(H,26,27). The fraction of sp³-hybridized carbons (Fsp3) is 0.261. The Morgan fingerprint density at radius 2 is 1.32 bits per heavy atom. The number of halogens is 6. The van der Waals surface area contributed by atoms with Crippen LogP contribution in [0.1, 0.15) is 58.2 Å². The number of aryl methyl sites for hydroxylation is 3. The Hall–Kier alpha value is -6.07. The molecule has 0 amide bonds. The Kier molecular flexibility index (Phi) is 15.9. The van der Waals surface area contributed by atoms with Gasteiger partial charge in [0.25, 0.3) is 0 Å². The number of ether oxygens (including phenoxy) is 4. The van der Waals surface area contributed by atoms with Crippen molar-refractivity contribution >= 4 is 35.0 Å². The molecule has 0 saturated heterocycles. The van der Waals surface area contributed by atoms with E-state index in [1.807, 2.05) is 52.0 Å². The number of furan rings is 1. The van der Waals surface area contributed by atoms with Crippen LogP contribution in [-0.4, -0.2) is 41.7 Å². The predicted molar refractivity (Wildman–Crippen MR) is 227 cm³/mol. The first-order chi connectivity index (χ1) is 29.6. The third kappa shape index (κ3) is 14.2. The molecule has 6 aromatic rings. The SMILES string of the molecule is Cc1cc(OCc2sc(-c3ccc(OC(F)(F)F)cc3)cc2C)ccc1OCC(=O)O.Cc1oc(-c2ccc(C(F)(F)F)cc2)cc1CSc1ccc(OCC(=O)O)c(C(C)C)c1. The lowest BCUT2D eigenvalue weighted by atomic mass is 10.0. The first kappa shape index (κ1) is 48.0. The highest BCUT2D eigenvalue weighted by atomic mass is 32.2. The van der Waals surface area contributed by atoms with Gasteiger partial charge < -0.3 is 33.6 Å². The van der Waals surface area contributed by atoms with Crippen molar-refractivity contribution in [2.45, 2.75) is 70.3 Å². The summed E-state index contributed by atoms with van der Waals surface area (Å²) in [5.74, 6) is 1.29. The van der Waals surface area contributed by atoms with Gasteiger partial charge in [-0.1, -0.05) is 26.0 Å². The van der Waals surface area contributed by atoms with Crippen LogP contribution in [0, 0.1) is 20.8 Å². The number of rotatable bonds is 16. The molecule has 17 heteroatoms. The number of carboxylic acid groups (broad SMARTS) is 2. The molecule has 334 valence electrons. The minimum Gasteiger partial charge on any atom is -0.488 e. The van der Waals surface area contributed by atoms with E-state index in [0.29, 0.717) is 46.7 Å². The average molecular weight is 917 g/mol. The maximum atomic E-state index is 12.8. The minimum absolute atomic E-state index is 0.154. The van der Waals surface area contributed by atoms with Crippen LogP contribution >= 0.6 is 23.1 Å². The predicted octanol–water partition coefficient (Wildman–Crippen LogP) is 13.1. The molecule has 0 aliphatic carbocycles. The van der Waals surface area contributed by atoms with Gasteiger partial charge in [-0.05, 0) is 134 Å². The molecule has 6 rings (SSSR count). The van der Waals surface area contributed by atoms with Gasteiger partial charge in [0.2, 0.25) is 0 Å². The summed E-state index contributed by atoms with van der Waals surface area (Å²) in [6.45, 7) is 9.08. The topological polar surface area (TPSA) is 125 Å². The van der Waals surface area contributed by atoms with Crippen LogP contribution in [0.15, 0.2) is 106 Å². The van der Waals surface area contributed by atoms with Crippen LogP contribution in [0.5, 0.6) is 23.0 Å². The molecule has 0 aliphatic heterocycles. The molecule has 0 saturated carbocycles. The maximum absolute atomic E-state index is 12.8. The molecule has 0 unspecified atom stereocenters. The Morgan fingerprint density at radius 1 is 0.714 bits per heavy atom. The highest BCUT2D eigenvalue weighted by Crippen LogP contribution is 2.37. The number of hydrogen-bond acceptors (Lipinski definition) is 9. The first-order valence-electron chi connectivity index (χ1n) is 19.1. The van der Waals surface area contributed by atoms with Crippen LogP contribution in [0.2, 0.25) is 0 Å². The summed E-state index contributed by atoms with van der Waals surface area (Å²) >= 11 is 3.08. The molecule has 0 fully saturated rings. The molecule has 0 bridgehead atoms. The van der Waals surface area contributed by atoms with Gasteiger partial charge >= 0.3 is 24.5 Å². The van der Waals surface area contributed by atoms with E-state index in [9.17, 15) is 35.9 Å². The lowest BCUT2D eigenvalue weighted by molar-refractivity contribution is -0.274.